The molecule has 43 heavy (non-hydrogen) atoms. The van der Waals surface area contributed by atoms with Crippen molar-refractivity contribution < 1.29 is 9.59 Å². The number of imidazole rings is 1. The van der Waals surface area contributed by atoms with E-state index in [1.807, 2.05) is 49.5 Å². The molecule has 2 aliphatic heterocycles. The van der Waals surface area contributed by atoms with Crippen LogP contribution in [0.4, 0.5) is 16.3 Å². The normalized spacial score (nSPS) is 19.8. The molecule has 6 rings (SSSR count). The number of H-pyrrole nitrogens is 1. The summed E-state index contributed by atoms with van der Waals surface area (Å²) >= 11 is 0. The Hall–Kier alpha value is -4.40. The van der Waals surface area contributed by atoms with E-state index in [9.17, 15) is 9.59 Å². The molecule has 0 unspecified atom stereocenters. The number of piperidine rings is 1. The predicted octanol–water partition coefficient (Wildman–Crippen LogP) is 6.40. The Bertz CT molecular complexity index is 1550. The third-order valence-corrected chi connectivity index (χ3v) is 8.84. The molecule has 9 nitrogen and oxygen atoms in total. The van der Waals surface area contributed by atoms with Crippen molar-refractivity contribution in [2.75, 3.05) is 10.6 Å². The van der Waals surface area contributed by atoms with Crippen molar-refractivity contribution in [1.29, 1.82) is 0 Å². The Morgan fingerprint density at radius 3 is 2.28 bits per heavy atom. The zero-order valence-electron chi connectivity index (χ0n) is 25.4. The van der Waals surface area contributed by atoms with Gasteiger partial charge >= 0.3 is 6.03 Å². The minimum atomic E-state index is -0.309. The van der Waals surface area contributed by atoms with Crippen molar-refractivity contribution in [2.45, 2.75) is 83.7 Å². The fourth-order valence-corrected chi connectivity index (χ4v) is 6.73. The fourth-order valence-electron chi connectivity index (χ4n) is 6.73. The van der Waals surface area contributed by atoms with Crippen molar-refractivity contribution in [1.82, 2.24) is 24.6 Å². The number of nitrogens with one attached hydrogen (secondary N) is 3. The van der Waals surface area contributed by atoms with Gasteiger partial charge in [-0.3, -0.25) is 10.1 Å². The summed E-state index contributed by atoms with van der Waals surface area (Å²) in [6, 6.07) is 16.6. The summed E-state index contributed by atoms with van der Waals surface area (Å²) in [5.41, 5.74) is 5.68. The fraction of sp³-hybridized carbons (Fsp3) is 0.412. The summed E-state index contributed by atoms with van der Waals surface area (Å²) in [6.45, 7) is 8.38. The van der Waals surface area contributed by atoms with Gasteiger partial charge in [0.25, 0.3) is 0 Å². The molecule has 2 saturated heterocycles. The van der Waals surface area contributed by atoms with Gasteiger partial charge in [-0.25, -0.2) is 14.5 Å². The number of rotatable bonds is 7. The smallest absolute Gasteiger partial charge is 0.324 e. The maximum Gasteiger partial charge on any atom is 0.324 e. The summed E-state index contributed by atoms with van der Waals surface area (Å²) in [4.78, 5) is 35.4. The van der Waals surface area contributed by atoms with Crippen LogP contribution in [0, 0.1) is 12.8 Å². The first-order chi connectivity index (χ1) is 20.6. The summed E-state index contributed by atoms with van der Waals surface area (Å²) < 4.78 is 1.78. The molecule has 0 radical (unpaired) electrons. The number of aromatic nitrogens is 4. The van der Waals surface area contributed by atoms with Crippen LogP contribution in [0.5, 0.6) is 0 Å². The summed E-state index contributed by atoms with van der Waals surface area (Å²) in [5.74, 6) is 1.42. The lowest BCUT2D eigenvalue weighted by atomic mass is 9.85. The molecule has 2 aromatic carbocycles. The monoisotopic (exact) mass is 579 g/mol. The molecule has 0 aliphatic carbocycles. The van der Waals surface area contributed by atoms with Gasteiger partial charge in [0, 0.05) is 35.2 Å². The quantitative estimate of drug-likeness (QED) is 0.235. The molecule has 4 aromatic rings. The minimum absolute atomic E-state index is 0.199. The van der Waals surface area contributed by atoms with Crippen LogP contribution in [0.15, 0.2) is 67.3 Å². The van der Waals surface area contributed by atoms with E-state index in [2.05, 4.69) is 63.5 Å². The zero-order chi connectivity index (χ0) is 30.1. The number of anilines is 2. The van der Waals surface area contributed by atoms with Gasteiger partial charge in [-0.1, -0.05) is 50.6 Å². The molecule has 9 heteroatoms. The molecule has 224 valence electrons. The lowest BCUT2D eigenvalue weighted by Gasteiger charge is -2.39. The second kappa shape index (κ2) is 11.7. The predicted molar refractivity (Wildman–Crippen MR) is 168 cm³/mol. The van der Waals surface area contributed by atoms with Crippen LogP contribution in [-0.2, 0) is 23.1 Å². The van der Waals surface area contributed by atoms with E-state index in [1.54, 1.807) is 17.2 Å². The number of amides is 3. The number of carbonyl (C=O) groups excluding carboxylic acids is 2. The maximum absolute atomic E-state index is 13.2. The number of urea groups is 1. The number of hydrogen-bond acceptors (Lipinski definition) is 4. The molecule has 2 atom stereocenters. The molecular weight excluding hydrogens is 538 g/mol. The van der Waals surface area contributed by atoms with Gasteiger partial charge in [-0.2, -0.15) is 5.10 Å². The van der Waals surface area contributed by atoms with Crippen LogP contribution in [-0.4, -0.2) is 48.7 Å². The van der Waals surface area contributed by atoms with Gasteiger partial charge < -0.3 is 15.2 Å². The Balaban J connectivity index is 1.07. The second-order valence-electron chi connectivity index (χ2n) is 13.2. The van der Waals surface area contributed by atoms with E-state index < -0.39 is 0 Å². The van der Waals surface area contributed by atoms with Gasteiger partial charge in [0.1, 0.15) is 5.82 Å². The molecule has 2 aromatic heterocycles. The summed E-state index contributed by atoms with van der Waals surface area (Å²) in [6.07, 6.45) is 10.8. The number of hydrogen-bond donors (Lipinski definition) is 3. The van der Waals surface area contributed by atoms with Gasteiger partial charge in [-0.05, 0) is 80.2 Å². The van der Waals surface area contributed by atoms with Crippen molar-refractivity contribution in [3.05, 3.63) is 89.6 Å². The molecular formula is C34H41N7O2. The standard InChI is InChI=1S/C34H41N7O2/c1-22-5-11-27(12-6-22)41-32(30(20-37-41)34(2,3)4)39-33(43)38-25-9-7-23(8-10-25)15-24-16-28-13-14-29(17-24)40(28)31(42)18-26-19-35-21-36-26/h5-12,19-21,24,28-29H,13-18H2,1-4H3,(H,35,36)(H2,38,39,43)/t28-,29-/m0/s1. The highest BCUT2D eigenvalue weighted by molar-refractivity contribution is 6.00. The highest BCUT2D eigenvalue weighted by Gasteiger charge is 2.42. The number of aromatic amines is 1. The molecule has 2 aliphatic rings. The van der Waals surface area contributed by atoms with E-state index in [-0.39, 0.29) is 17.4 Å². The third kappa shape index (κ3) is 6.35. The first-order valence-electron chi connectivity index (χ1n) is 15.2. The Morgan fingerprint density at radius 1 is 0.953 bits per heavy atom. The highest BCUT2D eigenvalue weighted by Crippen LogP contribution is 2.40. The molecule has 4 heterocycles. The SMILES string of the molecule is Cc1ccc(-n2ncc(C(C)(C)C)c2NC(=O)Nc2ccc(CC3C[C@@H]4CC[C@@H](C3)N4C(=O)Cc3cnc[nH]3)cc2)cc1. The van der Waals surface area contributed by atoms with Crippen LogP contribution in [0.2, 0.25) is 0 Å². The van der Waals surface area contributed by atoms with Crippen molar-refractivity contribution in [2.24, 2.45) is 5.92 Å². The number of aryl methyl sites for hydroxylation is 1. The van der Waals surface area contributed by atoms with E-state index in [0.29, 0.717) is 30.2 Å². The third-order valence-electron chi connectivity index (χ3n) is 8.84. The number of benzene rings is 2. The van der Waals surface area contributed by atoms with Crippen LogP contribution in [0.25, 0.3) is 5.69 Å². The lowest BCUT2D eigenvalue weighted by molar-refractivity contribution is -0.135. The van der Waals surface area contributed by atoms with Crippen molar-refractivity contribution in [3.63, 3.8) is 0 Å². The van der Waals surface area contributed by atoms with E-state index >= 15 is 0 Å². The Morgan fingerprint density at radius 2 is 1.65 bits per heavy atom. The van der Waals surface area contributed by atoms with E-state index in [4.69, 9.17) is 0 Å². The van der Waals surface area contributed by atoms with Crippen LogP contribution in [0.1, 0.15) is 68.8 Å². The maximum atomic E-state index is 13.2. The molecule has 2 fully saturated rings. The molecule has 0 saturated carbocycles. The van der Waals surface area contributed by atoms with Gasteiger partial charge in [-0.15, -0.1) is 0 Å². The largest absolute Gasteiger partial charge is 0.348 e. The highest BCUT2D eigenvalue weighted by atomic mass is 16.2. The summed E-state index contributed by atoms with van der Waals surface area (Å²) in [5, 5.41) is 10.7. The number of carbonyl (C=O) groups is 2. The molecule has 0 spiro atoms. The first kappa shape index (κ1) is 28.7. The van der Waals surface area contributed by atoms with Crippen molar-refractivity contribution in [3.8, 4) is 5.69 Å². The molecule has 2 bridgehead atoms. The lowest BCUT2D eigenvalue weighted by Crippen LogP contribution is -2.47. The Kier molecular flexibility index (Phi) is 7.81. The van der Waals surface area contributed by atoms with Crippen molar-refractivity contribution >= 4 is 23.4 Å². The van der Waals surface area contributed by atoms with E-state index in [1.165, 1.54) is 5.56 Å². The first-order valence-corrected chi connectivity index (χ1v) is 15.2. The Labute approximate surface area is 253 Å². The average Bonchev–Trinajstić information content (AvgIpc) is 3.69. The molecule has 3 N–H and O–H groups in total. The van der Waals surface area contributed by atoms with Gasteiger partial charge in [0.15, 0.2) is 0 Å². The van der Waals surface area contributed by atoms with Crippen LogP contribution < -0.4 is 10.6 Å². The van der Waals surface area contributed by atoms with Gasteiger partial charge in [0.05, 0.1) is 24.6 Å². The minimum Gasteiger partial charge on any atom is -0.348 e. The second-order valence-corrected chi connectivity index (χ2v) is 13.2. The van der Waals surface area contributed by atoms with Gasteiger partial charge in [0.2, 0.25) is 5.91 Å². The topological polar surface area (TPSA) is 108 Å². The van der Waals surface area contributed by atoms with Crippen LogP contribution in [0.3, 0.4) is 0 Å². The summed E-state index contributed by atoms with van der Waals surface area (Å²) in [7, 11) is 0. The number of fused-ring (bicyclic) bond motifs is 2. The zero-order valence-corrected chi connectivity index (χ0v) is 25.4. The number of nitrogens with zero attached hydrogens (tertiary/aromatic N) is 4. The average molecular weight is 580 g/mol. The van der Waals surface area contributed by atoms with Crippen LogP contribution >= 0.6 is 0 Å². The molecule has 3 amide bonds. The van der Waals surface area contributed by atoms with E-state index in [0.717, 1.165) is 60.3 Å².